The zero-order valence-electron chi connectivity index (χ0n) is 19.5. The van der Waals surface area contributed by atoms with Crippen molar-refractivity contribution >= 4 is 17.0 Å². The molecule has 5 heterocycles. The van der Waals surface area contributed by atoms with Gasteiger partial charge in [-0.1, -0.05) is 42.5 Å². The number of fused-ring (bicyclic) bond motifs is 4. The molecule has 0 N–H and O–H groups in total. The van der Waals surface area contributed by atoms with Crippen LogP contribution in [0.1, 0.15) is 28.3 Å². The van der Waals surface area contributed by atoms with Crippen LogP contribution in [-0.2, 0) is 0 Å². The third kappa shape index (κ3) is 3.06. The van der Waals surface area contributed by atoms with Gasteiger partial charge < -0.3 is 9.47 Å². The van der Waals surface area contributed by atoms with Gasteiger partial charge in [-0.2, -0.15) is 5.10 Å². The van der Waals surface area contributed by atoms with E-state index in [-0.39, 0.29) is 5.92 Å². The number of benzene rings is 2. The quantitative estimate of drug-likeness (QED) is 0.316. The van der Waals surface area contributed by atoms with Crippen LogP contribution in [0.25, 0.3) is 22.0 Å². The van der Waals surface area contributed by atoms with Gasteiger partial charge in [0.25, 0.3) is 0 Å². The van der Waals surface area contributed by atoms with Crippen LogP contribution in [0.5, 0.6) is 17.5 Å². The molecule has 1 aliphatic heterocycles. The van der Waals surface area contributed by atoms with Crippen molar-refractivity contribution in [2.75, 3.05) is 7.11 Å². The molecule has 0 fully saturated rings. The van der Waals surface area contributed by atoms with Crippen LogP contribution in [0.2, 0.25) is 0 Å². The van der Waals surface area contributed by atoms with E-state index in [9.17, 15) is 0 Å². The number of methoxy groups -OCH3 is 1. The second-order valence-corrected chi connectivity index (χ2v) is 9.42. The molecule has 0 amide bonds. The molecule has 0 saturated heterocycles. The summed E-state index contributed by atoms with van der Waals surface area (Å²) in [6, 6.07) is 22.0. The Balaban J connectivity index is 1.53. The topological polar surface area (TPSA) is 79.4 Å². The Bertz CT molecular complexity index is 1720. The van der Waals surface area contributed by atoms with Gasteiger partial charge in [-0.3, -0.25) is 0 Å². The van der Waals surface area contributed by atoms with Gasteiger partial charge in [0.2, 0.25) is 11.8 Å². The first-order valence-electron chi connectivity index (χ1n) is 11.5. The SMILES string of the molecule is COc1ccccc1[C@@H]1c2c(C)nn(-c3ccccc3)c2Oc2ncn3nc(-c4cccs4)nc3c21. The second-order valence-electron chi connectivity index (χ2n) is 8.47. The third-order valence-corrected chi connectivity index (χ3v) is 7.28. The van der Waals surface area contributed by atoms with E-state index in [1.165, 1.54) is 0 Å². The molecule has 176 valence electrons. The van der Waals surface area contributed by atoms with Crippen LogP contribution in [0.15, 0.2) is 78.4 Å². The van der Waals surface area contributed by atoms with E-state index in [4.69, 9.17) is 24.7 Å². The molecule has 0 saturated carbocycles. The molecule has 1 atom stereocenters. The molecule has 4 aromatic heterocycles. The average Bonchev–Trinajstić information content (AvgIpc) is 3.67. The van der Waals surface area contributed by atoms with Gasteiger partial charge >= 0.3 is 0 Å². The van der Waals surface area contributed by atoms with E-state index >= 15 is 0 Å². The summed E-state index contributed by atoms with van der Waals surface area (Å²) in [5.41, 5.74) is 5.23. The average molecular weight is 493 g/mol. The fourth-order valence-corrected chi connectivity index (χ4v) is 5.50. The summed E-state index contributed by atoms with van der Waals surface area (Å²) in [5.74, 6) is 2.27. The maximum atomic E-state index is 6.49. The molecule has 1 aliphatic rings. The molecule has 2 aromatic carbocycles. The van der Waals surface area contributed by atoms with E-state index in [1.807, 2.05) is 77.6 Å². The van der Waals surface area contributed by atoms with E-state index < -0.39 is 0 Å². The normalized spacial score (nSPS) is 14.3. The molecule has 7 rings (SSSR count). The van der Waals surface area contributed by atoms with E-state index in [0.717, 1.165) is 38.7 Å². The Morgan fingerprint density at radius 2 is 1.78 bits per heavy atom. The van der Waals surface area contributed by atoms with Crippen LogP contribution in [0.4, 0.5) is 0 Å². The van der Waals surface area contributed by atoms with Crippen LogP contribution in [-0.4, -0.2) is 36.5 Å². The predicted octanol–water partition coefficient (Wildman–Crippen LogP) is 5.64. The van der Waals surface area contributed by atoms with Crippen molar-refractivity contribution in [3.05, 3.63) is 101 Å². The molecule has 0 bridgehead atoms. The number of hydrogen-bond donors (Lipinski definition) is 0. The van der Waals surface area contributed by atoms with E-state index in [2.05, 4.69) is 11.1 Å². The molecule has 8 nitrogen and oxygen atoms in total. The highest BCUT2D eigenvalue weighted by molar-refractivity contribution is 7.13. The third-order valence-electron chi connectivity index (χ3n) is 6.41. The lowest BCUT2D eigenvalue weighted by Crippen LogP contribution is -2.16. The first-order valence-corrected chi connectivity index (χ1v) is 12.4. The van der Waals surface area contributed by atoms with Crippen molar-refractivity contribution in [2.45, 2.75) is 12.8 Å². The number of rotatable bonds is 4. The lowest BCUT2D eigenvalue weighted by atomic mass is 9.84. The molecule has 0 unspecified atom stereocenters. The zero-order chi connectivity index (χ0) is 24.2. The zero-order valence-corrected chi connectivity index (χ0v) is 20.3. The lowest BCUT2D eigenvalue weighted by molar-refractivity contribution is 0.393. The number of ether oxygens (including phenoxy) is 2. The van der Waals surface area contributed by atoms with Crippen molar-refractivity contribution in [2.24, 2.45) is 0 Å². The van der Waals surface area contributed by atoms with Crippen LogP contribution in [0.3, 0.4) is 0 Å². The predicted molar refractivity (Wildman–Crippen MR) is 136 cm³/mol. The molecule has 0 radical (unpaired) electrons. The summed E-state index contributed by atoms with van der Waals surface area (Å²) < 4.78 is 15.9. The second kappa shape index (κ2) is 8.03. The summed E-state index contributed by atoms with van der Waals surface area (Å²) in [6.07, 6.45) is 1.65. The van der Waals surface area contributed by atoms with Crippen LogP contribution < -0.4 is 9.47 Å². The highest BCUT2D eigenvalue weighted by atomic mass is 32.1. The standard InChI is InChI=1S/C27H20N6O2S/c1-16-21-22(18-11-6-7-12-19(18)34-2)23-25-29-24(20-13-8-14-36-20)31-32(25)15-28-26(23)35-27(21)33(30-16)17-9-4-3-5-10-17/h3-15,22H,1-2H3/t22-/m1/s1. The minimum Gasteiger partial charge on any atom is -0.496 e. The highest BCUT2D eigenvalue weighted by Crippen LogP contribution is 2.51. The number of aryl methyl sites for hydroxylation is 1. The largest absolute Gasteiger partial charge is 0.496 e. The molecular weight excluding hydrogens is 472 g/mol. The minimum absolute atomic E-state index is 0.269. The van der Waals surface area contributed by atoms with Crippen molar-refractivity contribution in [1.29, 1.82) is 0 Å². The summed E-state index contributed by atoms with van der Waals surface area (Å²) in [5, 5.41) is 11.6. The fraction of sp³-hybridized carbons (Fsp3) is 0.111. The van der Waals surface area contributed by atoms with Gasteiger partial charge in [-0.05, 0) is 36.6 Å². The Labute approximate surface area is 210 Å². The lowest BCUT2D eigenvalue weighted by Gasteiger charge is -2.27. The molecule has 0 spiro atoms. The number of hydrogen-bond acceptors (Lipinski definition) is 7. The highest BCUT2D eigenvalue weighted by Gasteiger charge is 2.39. The fourth-order valence-electron chi connectivity index (χ4n) is 4.85. The first-order chi connectivity index (χ1) is 17.7. The van der Waals surface area contributed by atoms with Crippen molar-refractivity contribution in [1.82, 2.24) is 29.4 Å². The molecule has 6 aromatic rings. The Morgan fingerprint density at radius 3 is 2.58 bits per heavy atom. The van der Waals surface area contributed by atoms with Gasteiger partial charge in [0, 0.05) is 5.56 Å². The number of aromatic nitrogens is 6. The van der Waals surface area contributed by atoms with Gasteiger partial charge in [0.1, 0.15) is 12.1 Å². The molecule has 9 heteroatoms. The summed E-state index contributed by atoms with van der Waals surface area (Å²) >= 11 is 1.60. The van der Waals surface area contributed by atoms with Crippen molar-refractivity contribution in [3.8, 4) is 33.9 Å². The maximum absolute atomic E-state index is 6.49. The van der Waals surface area contributed by atoms with Gasteiger partial charge in [0.05, 0.1) is 40.4 Å². The molecule has 36 heavy (non-hydrogen) atoms. The number of para-hydroxylation sites is 2. The Hall–Kier alpha value is -4.50. The Morgan fingerprint density at radius 1 is 0.944 bits per heavy atom. The Kier molecular flexibility index (Phi) is 4.65. The summed E-state index contributed by atoms with van der Waals surface area (Å²) in [4.78, 5) is 10.6. The van der Waals surface area contributed by atoms with Crippen LogP contribution >= 0.6 is 11.3 Å². The van der Waals surface area contributed by atoms with E-state index in [1.54, 1.807) is 29.3 Å². The molecular formula is C27H20N6O2S. The summed E-state index contributed by atoms with van der Waals surface area (Å²) in [7, 11) is 1.69. The van der Waals surface area contributed by atoms with Crippen molar-refractivity contribution in [3.63, 3.8) is 0 Å². The van der Waals surface area contributed by atoms with Gasteiger partial charge in [-0.15, -0.1) is 16.4 Å². The number of nitrogens with zero attached hydrogens (tertiary/aromatic N) is 6. The van der Waals surface area contributed by atoms with E-state index in [0.29, 0.717) is 23.2 Å². The monoisotopic (exact) mass is 492 g/mol. The first kappa shape index (κ1) is 20.8. The summed E-state index contributed by atoms with van der Waals surface area (Å²) in [6.45, 7) is 2.00. The molecule has 0 aliphatic carbocycles. The van der Waals surface area contributed by atoms with Crippen molar-refractivity contribution < 1.29 is 9.47 Å². The maximum Gasteiger partial charge on any atom is 0.230 e. The minimum atomic E-state index is -0.269. The number of thiophene rings is 1. The smallest absolute Gasteiger partial charge is 0.230 e. The van der Waals surface area contributed by atoms with Gasteiger partial charge in [0.15, 0.2) is 11.5 Å². The van der Waals surface area contributed by atoms with Gasteiger partial charge in [-0.25, -0.2) is 19.2 Å². The van der Waals surface area contributed by atoms with Crippen LogP contribution in [0, 0.1) is 6.92 Å².